The van der Waals surface area contributed by atoms with Crippen LogP contribution in [0.2, 0.25) is 5.02 Å². The Labute approximate surface area is 127 Å². The number of hydrogen-bond donors (Lipinski definition) is 2. The molecule has 1 atom stereocenters. The van der Waals surface area contributed by atoms with Crippen molar-refractivity contribution in [1.82, 2.24) is 0 Å². The Morgan fingerprint density at radius 3 is 2.70 bits per heavy atom. The molecule has 2 N–H and O–H groups in total. The van der Waals surface area contributed by atoms with Crippen LogP contribution >= 0.6 is 11.6 Å². The van der Waals surface area contributed by atoms with Crippen LogP contribution in [0.4, 0.5) is 0 Å². The number of aliphatic hydroxyl groups is 1. The molecule has 0 bridgehead atoms. The number of rotatable bonds is 4. The van der Waals surface area contributed by atoms with E-state index in [1.165, 1.54) is 0 Å². The van der Waals surface area contributed by atoms with E-state index in [9.17, 15) is 9.90 Å². The molecular weight excluding hydrogens is 349 g/mol. The molecule has 0 fully saturated rings. The Morgan fingerprint density at radius 1 is 1.50 bits per heavy atom. The number of carboxylic acids is 1. The summed E-state index contributed by atoms with van der Waals surface area (Å²) in [6.07, 6.45) is 0.960. The van der Waals surface area contributed by atoms with Crippen LogP contribution in [0.1, 0.15) is 12.5 Å². The van der Waals surface area contributed by atoms with Gasteiger partial charge < -0.3 is 0 Å². The molecular formula is C13H12ClNO4Se. The van der Waals surface area contributed by atoms with Gasteiger partial charge in [0.1, 0.15) is 0 Å². The molecule has 0 radical (unpaired) electrons. The molecule has 1 aromatic carbocycles. The summed E-state index contributed by atoms with van der Waals surface area (Å²) in [6, 6.07) is 6.99. The van der Waals surface area contributed by atoms with E-state index in [1.54, 1.807) is 31.2 Å². The molecule has 0 saturated heterocycles. The number of nitrogens with zero attached hydrogens (tertiary/aromatic N) is 1. The third-order valence-electron chi connectivity index (χ3n) is 2.47. The van der Waals surface area contributed by atoms with Crippen LogP contribution < -0.4 is 0 Å². The van der Waals surface area contributed by atoms with Crippen molar-refractivity contribution in [3.05, 3.63) is 45.4 Å². The van der Waals surface area contributed by atoms with Gasteiger partial charge in [-0.3, -0.25) is 0 Å². The second kappa shape index (κ2) is 6.08. The zero-order chi connectivity index (χ0) is 14.8. The first-order chi connectivity index (χ1) is 9.44. The van der Waals surface area contributed by atoms with Crippen molar-refractivity contribution in [2.24, 2.45) is 4.99 Å². The van der Waals surface area contributed by atoms with E-state index < -0.39 is 26.8 Å². The summed E-state index contributed by atoms with van der Waals surface area (Å²) in [4.78, 5) is 15.0. The Morgan fingerprint density at radius 2 is 2.15 bits per heavy atom. The molecule has 1 aromatic rings. The summed E-state index contributed by atoms with van der Waals surface area (Å²) < 4.78 is 6.10. The van der Waals surface area contributed by atoms with Gasteiger partial charge in [-0.25, -0.2) is 0 Å². The minimum absolute atomic E-state index is 0.223. The summed E-state index contributed by atoms with van der Waals surface area (Å²) in [5.74, 6) is -3.00. The average molecular weight is 361 g/mol. The predicted molar refractivity (Wildman–Crippen MR) is 76.0 cm³/mol. The number of hydrogen-bond acceptors (Lipinski definition) is 4. The molecule has 1 aliphatic rings. The quantitative estimate of drug-likeness (QED) is 0.484. The summed E-state index contributed by atoms with van der Waals surface area (Å²) in [7, 11) is 0. The molecule has 0 spiro atoms. The molecule has 106 valence electrons. The number of benzene rings is 1. The summed E-state index contributed by atoms with van der Waals surface area (Å²) in [5, 5.41) is 19.8. The van der Waals surface area contributed by atoms with Crippen LogP contribution in [0.5, 0.6) is 0 Å². The van der Waals surface area contributed by atoms with Crippen LogP contribution in [0.15, 0.2) is 39.8 Å². The Balaban J connectivity index is 2.37. The second-order valence-corrected chi connectivity index (χ2v) is 6.51. The summed E-state index contributed by atoms with van der Waals surface area (Å²) in [5.41, 5.74) is 0.793. The maximum absolute atomic E-state index is 10.8. The Hall–Kier alpha value is -1.17. The number of carboxylic acid groups (broad SMARTS) is 1. The van der Waals surface area contributed by atoms with Gasteiger partial charge in [0.2, 0.25) is 0 Å². The van der Waals surface area contributed by atoms with Crippen LogP contribution in [0.3, 0.4) is 0 Å². The standard InChI is InChI=1S/C13H12ClNO4Se/c1-2-19-13(18)10(7-11(16)17)20-12(15-13)8-3-5-9(14)6-4-8/h3-7,18H,2H2,1H3,(H,16,17)/b10-7+. The van der Waals surface area contributed by atoms with Gasteiger partial charge in [0.25, 0.3) is 0 Å². The van der Waals surface area contributed by atoms with E-state index in [-0.39, 0.29) is 11.1 Å². The topological polar surface area (TPSA) is 79.1 Å². The molecule has 0 aromatic heterocycles. The van der Waals surface area contributed by atoms with Gasteiger partial charge in [0.15, 0.2) is 0 Å². The number of carbonyl (C=O) groups is 1. The van der Waals surface area contributed by atoms with E-state index in [2.05, 4.69) is 4.99 Å². The molecule has 20 heavy (non-hydrogen) atoms. The van der Waals surface area contributed by atoms with Gasteiger partial charge in [-0.05, 0) is 0 Å². The molecule has 1 aliphatic heterocycles. The van der Waals surface area contributed by atoms with Crippen molar-refractivity contribution < 1.29 is 19.7 Å². The molecule has 1 heterocycles. The van der Waals surface area contributed by atoms with Crippen LogP contribution in [0, 0.1) is 0 Å². The van der Waals surface area contributed by atoms with E-state index >= 15 is 0 Å². The van der Waals surface area contributed by atoms with E-state index in [0.29, 0.717) is 9.63 Å². The fourth-order valence-electron chi connectivity index (χ4n) is 1.64. The van der Waals surface area contributed by atoms with Crippen molar-refractivity contribution in [1.29, 1.82) is 0 Å². The SMILES string of the molecule is CCOC1(O)N=C(c2ccc(Cl)cc2)[Se]/C1=C/C(=O)O. The van der Waals surface area contributed by atoms with Crippen molar-refractivity contribution in [2.75, 3.05) is 6.61 Å². The van der Waals surface area contributed by atoms with E-state index in [4.69, 9.17) is 21.4 Å². The number of aliphatic imine (C=N–C) groups is 1. The van der Waals surface area contributed by atoms with Gasteiger partial charge in [0, 0.05) is 0 Å². The molecule has 5 nitrogen and oxygen atoms in total. The fourth-order valence-corrected chi connectivity index (χ4v) is 3.93. The van der Waals surface area contributed by atoms with Crippen molar-refractivity contribution in [3.8, 4) is 0 Å². The first kappa shape index (κ1) is 15.2. The first-order valence-corrected chi connectivity index (χ1v) is 7.89. The Bertz CT molecular complexity index is 585. The summed E-state index contributed by atoms with van der Waals surface area (Å²) in [6.45, 7) is 1.93. The van der Waals surface area contributed by atoms with Gasteiger partial charge in [-0.2, -0.15) is 0 Å². The molecule has 2 rings (SSSR count). The van der Waals surface area contributed by atoms with Crippen LogP contribution in [0.25, 0.3) is 0 Å². The number of ether oxygens (including phenoxy) is 1. The average Bonchev–Trinajstić information content (AvgIpc) is 2.67. The molecule has 7 heteroatoms. The molecule has 0 saturated carbocycles. The van der Waals surface area contributed by atoms with Gasteiger partial charge >= 0.3 is 127 Å². The molecule has 1 unspecified atom stereocenters. The first-order valence-electron chi connectivity index (χ1n) is 5.79. The van der Waals surface area contributed by atoms with E-state index in [0.717, 1.165) is 11.6 Å². The van der Waals surface area contributed by atoms with Crippen LogP contribution in [-0.4, -0.2) is 48.3 Å². The van der Waals surface area contributed by atoms with Gasteiger partial charge in [0.05, 0.1) is 0 Å². The Kier molecular flexibility index (Phi) is 4.62. The summed E-state index contributed by atoms with van der Waals surface area (Å²) >= 11 is 5.40. The zero-order valence-electron chi connectivity index (χ0n) is 10.5. The second-order valence-electron chi connectivity index (χ2n) is 3.91. The van der Waals surface area contributed by atoms with Crippen LogP contribution in [-0.2, 0) is 9.53 Å². The minimum atomic E-state index is -1.87. The van der Waals surface area contributed by atoms with Crippen molar-refractivity contribution in [2.45, 2.75) is 12.8 Å². The monoisotopic (exact) mass is 361 g/mol. The van der Waals surface area contributed by atoms with Gasteiger partial charge in [-0.15, -0.1) is 0 Å². The number of halogens is 1. The fraction of sp³-hybridized carbons (Fsp3) is 0.231. The van der Waals surface area contributed by atoms with Gasteiger partial charge in [-0.1, -0.05) is 0 Å². The zero-order valence-corrected chi connectivity index (χ0v) is 13.0. The third-order valence-corrected chi connectivity index (χ3v) is 5.08. The molecule has 0 aliphatic carbocycles. The normalized spacial score (nSPS) is 23.9. The third kappa shape index (κ3) is 3.28. The van der Waals surface area contributed by atoms with E-state index in [1.807, 2.05) is 0 Å². The molecule has 0 amide bonds. The number of aliphatic carboxylic acids is 1. The predicted octanol–water partition coefficient (Wildman–Crippen LogP) is 1.46. The van der Waals surface area contributed by atoms with Crippen molar-refractivity contribution >= 4 is 37.1 Å². The van der Waals surface area contributed by atoms with Crippen molar-refractivity contribution in [3.63, 3.8) is 0 Å². The maximum atomic E-state index is 10.8.